The zero-order valence-corrected chi connectivity index (χ0v) is 13.7. The summed E-state index contributed by atoms with van der Waals surface area (Å²) < 4.78 is 15.5. The van der Waals surface area contributed by atoms with Crippen molar-refractivity contribution in [3.63, 3.8) is 0 Å². The largest absolute Gasteiger partial charge is 0.473 e. The van der Waals surface area contributed by atoms with E-state index < -0.39 is 0 Å². The Kier molecular flexibility index (Phi) is 4.39. The van der Waals surface area contributed by atoms with Gasteiger partial charge in [-0.3, -0.25) is 4.90 Å². The van der Waals surface area contributed by atoms with Crippen molar-refractivity contribution in [1.82, 2.24) is 10.5 Å². The van der Waals surface area contributed by atoms with Crippen LogP contribution in [0.25, 0.3) is 5.57 Å². The monoisotopic (exact) mass is 341 g/mol. The van der Waals surface area contributed by atoms with Gasteiger partial charge in [0.1, 0.15) is 25.5 Å². The van der Waals surface area contributed by atoms with Gasteiger partial charge in [-0.15, -0.1) is 0 Å². The molecule has 1 fully saturated rings. The fourth-order valence-corrected chi connectivity index (χ4v) is 3.08. The number of hydrogen-bond acceptors (Lipinski definition) is 6. The zero-order valence-electron chi connectivity index (χ0n) is 13.7. The van der Waals surface area contributed by atoms with Gasteiger partial charge in [-0.2, -0.15) is 0 Å². The molecule has 1 saturated heterocycles. The highest BCUT2D eigenvalue weighted by molar-refractivity contribution is 5.90. The van der Waals surface area contributed by atoms with Crippen LogP contribution in [0.5, 0.6) is 5.88 Å². The van der Waals surface area contributed by atoms with Crippen molar-refractivity contribution in [2.24, 2.45) is 0 Å². The Labute approximate surface area is 145 Å². The molecule has 1 atom stereocenters. The minimum atomic E-state index is -0.359. The summed E-state index contributed by atoms with van der Waals surface area (Å²) in [5.74, 6) is 0.396. The van der Waals surface area contributed by atoms with Crippen molar-refractivity contribution in [2.45, 2.75) is 12.5 Å². The molecular formula is C18H19N3O4. The van der Waals surface area contributed by atoms with Crippen LogP contribution in [0.2, 0.25) is 0 Å². The van der Waals surface area contributed by atoms with Crippen molar-refractivity contribution in [3.8, 4) is 5.88 Å². The van der Waals surface area contributed by atoms with Crippen LogP contribution in [-0.4, -0.2) is 43.6 Å². The van der Waals surface area contributed by atoms with Crippen molar-refractivity contribution < 1.29 is 18.8 Å². The molecule has 0 aliphatic carbocycles. The Morgan fingerprint density at radius 3 is 2.88 bits per heavy atom. The topological polar surface area (TPSA) is 76.8 Å². The van der Waals surface area contributed by atoms with Crippen LogP contribution in [0.15, 0.2) is 47.2 Å². The molecule has 1 aromatic heterocycles. The summed E-state index contributed by atoms with van der Waals surface area (Å²) in [5.41, 5.74) is 3.32. The number of cyclic esters (lactones) is 1. The third kappa shape index (κ3) is 3.36. The van der Waals surface area contributed by atoms with Crippen molar-refractivity contribution in [1.29, 1.82) is 0 Å². The van der Waals surface area contributed by atoms with Gasteiger partial charge in [0.2, 0.25) is 0 Å². The average Bonchev–Trinajstić information content (AvgIpc) is 3.30. The summed E-state index contributed by atoms with van der Waals surface area (Å²) >= 11 is 0. The molecule has 7 nitrogen and oxygen atoms in total. The molecule has 0 saturated carbocycles. The molecule has 25 heavy (non-hydrogen) atoms. The van der Waals surface area contributed by atoms with Gasteiger partial charge in [-0.05, 0) is 41.4 Å². The third-order valence-corrected chi connectivity index (χ3v) is 4.38. The maximum absolute atomic E-state index is 12.1. The molecule has 1 N–H and O–H groups in total. The van der Waals surface area contributed by atoms with Crippen LogP contribution in [0.3, 0.4) is 0 Å². The van der Waals surface area contributed by atoms with E-state index in [1.54, 1.807) is 11.0 Å². The fourth-order valence-electron chi connectivity index (χ4n) is 3.08. The highest BCUT2D eigenvalue weighted by Crippen LogP contribution is 2.27. The number of carbonyl (C=O) groups is 1. The van der Waals surface area contributed by atoms with E-state index in [2.05, 4.69) is 16.5 Å². The molecule has 1 aromatic carbocycles. The number of amides is 1. The lowest BCUT2D eigenvalue weighted by molar-refractivity contribution is 0.174. The van der Waals surface area contributed by atoms with Crippen LogP contribution in [-0.2, 0) is 4.74 Å². The van der Waals surface area contributed by atoms with Crippen molar-refractivity contribution >= 4 is 17.4 Å². The predicted molar refractivity (Wildman–Crippen MR) is 91.5 cm³/mol. The maximum Gasteiger partial charge on any atom is 0.414 e. The lowest BCUT2D eigenvalue weighted by Gasteiger charge is -2.22. The summed E-state index contributed by atoms with van der Waals surface area (Å²) in [5, 5.41) is 7.01. The standard InChI is InChI=1S/C18H19N3O4/c22-18-21(16(12-24-18)11-23-17-7-10-25-20-17)15-3-1-13(2-4-15)14-5-8-19-9-6-14/h1-5,7,10,16,19H,6,8-9,11-12H2/t16-/m1/s1. The first-order valence-corrected chi connectivity index (χ1v) is 8.30. The van der Waals surface area contributed by atoms with E-state index in [0.29, 0.717) is 5.88 Å². The highest BCUT2D eigenvalue weighted by Gasteiger charge is 2.35. The van der Waals surface area contributed by atoms with E-state index in [4.69, 9.17) is 14.0 Å². The van der Waals surface area contributed by atoms with E-state index in [-0.39, 0.29) is 25.3 Å². The summed E-state index contributed by atoms with van der Waals surface area (Å²) in [6.45, 7) is 2.47. The summed E-state index contributed by atoms with van der Waals surface area (Å²) in [6.07, 6.45) is 4.30. The minimum absolute atomic E-state index is 0.201. The van der Waals surface area contributed by atoms with E-state index >= 15 is 0 Å². The molecule has 0 unspecified atom stereocenters. The Hall–Kier alpha value is -2.80. The van der Waals surface area contributed by atoms with Crippen molar-refractivity contribution in [3.05, 3.63) is 48.2 Å². The molecule has 2 aliphatic heterocycles. The number of anilines is 1. The Morgan fingerprint density at radius 1 is 1.28 bits per heavy atom. The van der Waals surface area contributed by atoms with Crippen LogP contribution < -0.4 is 15.0 Å². The van der Waals surface area contributed by atoms with Crippen LogP contribution >= 0.6 is 0 Å². The Bertz CT molecular complexity index is 755. The first-order chi connectivity index (χ1) is 12.3. The molecule has 130 valence electrons. The van der Waals surface area contributed by atoms with Gasteiger partial charge in [-0.25, -0.2) is 4.79 Å². The molecule has 2 aliphatic rings. The average molecular weight is 341 g/mol. The van der Waals surface area contributed by atoms with E-state index in [1.165, 1.54) is 17.4 Å². The van der Waals surface area contributed by atoms with Crippen LogP contribution in [0.1, 0.15) is 12.0 Å². The molecule has 7 heteroatoms. The van der Waals surface area contributed by atoms with Gasteiger partial charge < -0.3 is 19.3 Å². The van der Waals surface area contributed by atoms with Gasteiger partial charge in [0, 0.05) is 18.3 Å². The van der Waals surface area contributed by atoms with Gasteiger partial charge in [-0.1, -0.05) is 18.2 Å². The number of aromatic nitrogens is 1. The zero-order chi connectivity index (χ0) is 17.1. The van der Waals surface area contributed by atoms with Crippen LogP contribution in [0.4, 0.5) is 10.5 Å². The number of nitrogens with zero attached hydrogens (tertiary/aromatic N) is 2. The molecule has 3 heterocycles. The Morgan fingerprint density at radius 2 is 2.16 bits per heavy atom. The van der Waals surface area contributed by atoms with E-state index in [1.807, 2.05) is 24.3 Å². The number of hydrogen-bond donors (Lipinski definition) is 1. The first kappa shape index (κ1) is 15.7. The quantitative estimate of drug-likeness (QED) is 0.900. The van der Waals surface area contributed by atoms with Gasteiger partial charge in [0.15, 0.2) is 0 Å². The molecule has 4 rings (SSSR count). The van der Waals surface area contributed by atoms with E-state index in [9.17, 15) is 4.79 Å². The van der Waals surface area contributed by atoms with Crippen LogP contribution in [0, 0.1) is 0 Å². The molecular weight excluding hydrogens is 322 g/mol. The van der Waals surface area contributed by atoms with Gasteiger partial charge in [0.05, 0.1) is 0 Å². The van der Waals surface area contributed by atoms with E-state index in [0.717, 1.165) is 25.2 Å². The molecule has 0 bridgehead atoms. The van der Waals surface area contributed by atoms with Gasteiger partial charge in [0.25, 0.3) is 5.88 Å². The second kappa shape index (κ2) is 6.98. The minimum Gasteiger partial charge on any atom is -0.473 e. The number of ether oxygens (including phenoxy) is 2. The summed E-state index contributed by atoms with van der Waals surface area (Å²) in [7, 11) is 0. The summed E-state index contributed by atoms with van der Waals surface area (Å²) in [4.78, 5) is 13.8. The molecule has 0 spiro atoms. The van der Waals surface area contributed by atoms with Gasteiger partial charge >= 0.3 is 6.09 Å². The molecule has 0 radical (unpaired) electrons. The number of benzene rings is 1. The second-order valence-corrected chi connectivity index (χ2v) is 5.98. The Balaban J connectivity index is 1.48. The number of carbonyl (C=O) groups excluding carboxylic acids is 1. The lowest BCUT2D eigenvalue weighted by atomic mass is 10.00. The lowest BCUT2D eigenvalue weighted by Crippen LogP contribution is -2.37. The number of rotatable bonds is 5. The maximum atomic E-state index is 12.1. The normalized spacial score (nSPS) is 20.3. The number of nitrogens with one attached hydrogen (secondary N) is 1. The fraction of sp³-hybridized carbons (Fsp3) is 0.333. The third-order valence-electron chi connectivity index (χ3n) is 4.38. The highest BCUT2D eigenvalue weighted by atomic mass is 16.6. The first-order valence-electron chi connectivity index (χ1n) is 8.30. The summed E-state index contributed by atoms with van der Waals surface area (Å²) in [6, 6.07) is 9.43. The molecule has 1 amide bonds. The predicted octanol–water partition coefficient (Wildman–Crippen LogP) is 2.46. The smallest absolute Gasteiger partial charge is 0.414 e. The van der Waals surface area contributed by atoms with Crippen molar-refractivity contribution in [2.75, 3.05) is 31.2 Å². The second-order valence-electron chi connectivity index (χ2n) is 5.98. The molecule has 2 aromatic rings. The SMILES string of the molecule is O=C1OC[C@@H](COc2ccon2)N1c1ccc(C2=CCNCC2)cc1.